The summed E-state index contributed by atoms with van der Waals surface area (Å²) in [6.07, 6.45) is 11.6. The number of hydrogen-bond acceptors (Lipinski definition) is 5. The Morgan fingerprint density at radius 3 is 2.45 bits per heavy atom. The van der Waals surface area contributed by atoms with E-state index in [0.717, 1.165) is 47.4 Å². The molecular formula is C31H38ClN3O5. The summed E-state index contributed by atoms with van der Waals surface area (Å²) in [5, 5.41) is 14.6. The number of aliphatic carboxylic acids is 1. The fourth-order valence-electron chi connectivity index (χ4n) is 6.45. The Hall–Kier alpha value is -2.97. The van der Waals surface area contributed by atoms with E-state index in [4.69, 9.17) is 21.4 Å². The molecule has 4 aliphatic rings. The lowest BCUT2D eigenvalue weighted by molar-refractivity contribution is -0.142. The van der Waals surface area contributed by atoms with Crippen LogP contribution in [0.3, 0.4) is 0 Å². The fourth-order valence-corrected chi connectivity index (χ4v) is 6.64. The Balaban J connectivity index is 1.53. The van der Waals surface area contributed by atoms with Crippen molar-refractivity contribution in [3.63, 3.8) is 0 Å². The highest BCUT2D eigenvalue weighted by atomic mass is 35.5. The number of likely N-dealkylation sites (tertiary alicyclic amines) is 1. The number of carboxylic acids is 1. The van der Waals surface area contributed by atoms with Crippen molar-refractivity contribution in [3.8, 4) is 0 Å². The molecule has 1 aromatic heterocycles. The molecule has 1 saturated carbocycles. The lowest BCUT2D eigenvalue weighted by atomic mass is 9.82. The molecule has 214 valence electrons. The van der Waals surface area contributed by atoms with Gasteiger partial charge in [-0.05, 0) is 81.4 Å². The van der Waals surface area contributed by atoms with Crippen molar-refractivity contribution in [2.24, 2.45) is 17.8 Å². The average molecular weight is 568 g/mol. The minimum absolute atomic E-state index is 0.0603. The van der Waals surface area contributed by atoms with Crippen LogP contribution in [0.5, 0.6) is 0 Å². The summed E-state index contributed by atoms with van der Waals surface area (Å²) >= 11 is 6.62. The van der Waals surface area contributed by atoms with Crippen LogP contribution >= 0.6 is 11.6 Å². The van der Waals surface area contributed by atoms with Gasteiger partial charge in [-0.2, -0.15) is 9.78 Å². The zero-order valence-electron chi connectivity index (χ0n) is 23.3. The number of amides is 1. The van der Waals surface area contributed by atoms with Crippen LogP contribution in [0.2, 0.25) is 0 Å². The topological polar surface area (TPSA) is 102 Å². The molecule has 2 fully saturated rings. The van der Waals surface area contributed by atoms with Crippen molar-refractivity contribution in [1.29, 1.82) is 0 Å². The highest BCUT2D eigenvalue weighted by Gasteiger charge is 2.39. The first-order valence-corrected chi connectivity index (χ1v) is 14.7. The third-order valence-corrected chi connectivity index (χ3v) is 9.26. The molecule has 3 unspecified atom stereocenters. The summed E-state index contributed by atoms with van der Waals surface area (Å²) in [4.78, 5) is 41.2. The van der Waals surface area contributed by atoms with E-state index in [1.54, 1.807) is 7.11 Å². The van der Waals surface area contributed by atoms with Gasteiger partial charge >= 0.3 is 5.97 Å². The maximum absolute atomic E-state index is 14.3. The van der Waals surface area contributed by atoms with E-state index in [-0.39, 0.29) is 29.8 Å². The van der Waals surface area contributed by atoms with Gasteiger partial charge in [0.25, 0.3) is 5.91 Å². The standard InChI is InChI=1S/C31H38ClN3O5/c1-4-23(18-6-7-18)27(25(32)5-2)30(37)35-26-16-21(29(36)34-15-14-22(17-34)40-3)12-13-24(26)28(33-35)19-8-10-20(11-9-19)31(38)39/h4-5,8,18,20-22H,2,6-7,9-17H2,1,3H3,(H,38,39)/b23-4-,27-25-. The molecule has 8 nitrogen and oxygen atoms in total. The Kier molecular flexibility index (Phi) is 8.47. The van der Waals surface area contributed by atoms with E-state index in [1.165, 1.54) is 10.8 Å². The fraction of sp³-hybridized carbons (Fsp3) is 0.548. The van der Waals surface area contributed by atoms with Crippen LogP contribution in [0.1, 0.15) is 73.6 Å². The molecule has 1 saturated heterocycles. The van der Waals surface area contributed by atoms with E-state index < -0.39 is 11.9 Å². The van der Waals surface area contributed by atoms with Crippen LogP contribution in [0.15, 0.2) is 41.0 Å². The molecule has 40 heavy (non-hydrogen) atoms. The van der Waals surface area contributed by atoms with Crippen molar-refractivity contribution >= 4 is 35.0 Å². The predicted molar refractivity (Wildman–Crippen MR) is 153 cm³/mol. The molecule has 2 heterocycles. The average Bonchev–Trinajstić information content (AvgIpc) is 3.57. The molecule has 0 aromatic carbocycles. The van der Waals surface area contributed by atoms with Crippen LogP contribution < -0.4 is 0 Å². The van der Waals surface area contributed by atoms with Gasteiger partial charge in [-0.1, -0.05) is 30.3 Å². The zero-order chi connectivity index (χ0) is 28.6. The number of hydrogen-bond donors (Lipinski definition) is 1. The van der Waals surface area contributed by atoms with Gasteiger partial charge in [0.1, 0.15) is 0 Å². The number of carbonyl (C=O) groups is 3. The summed E-state index contributed by atoms with van der Waals surface area (Å²) in [7, 11) is 1.68. The lowest BCUT2D eigenvalue weighted by Crippen LogP contribution is -2.38. The summed E-state index contributed by atoms with van der Waals surface area (Å²) in [5.41, 5.74) is 4.79. The monoisotopic (exact) mass is 567 g/mol. The second-order valence-corrected chi connectivity index (χ2v) is 11.8. The summed E-state index contributed by atoms with van der Waals surface area (Å²) in [5.74, 6) is -1.36. The summed E-state index contributed by atoms with van der Waals surface area (Å²) in [6.45, 7) is 7.00. The highest BCUT2D eigenvalue weighted by molar-refractivity contribution is 6.34. The molecule has 3 atom stereocenters. The molecule has 1 amide bonds. The predicted octanol–water partition coefficient (Wildman–Crippen LogP) is 5.18. The molecular weight excluding hydrogens is 530 g/mol. The first kappa shape index (κ1) is 28.6. The van der Waals surface area contributed by atoms with Gasteiger partial charge in [0, 0.05) is 38.1 Å². The Labute approximate surface area is 240 Å². The maximum Gasteiger partial charge on any atom is 0.306 e. The van der Waals surface area contributed by atoms with Gasteiger partial charge in [-0.3, -0.25) is 14.4 Å². The minimum atomic E-state index is -0.787. The smallest absolute Gasteiger partial charge is 0.306 e. The number of nitrogens with zero attached hydrogens (tertiary/aromatic N) is 3. The molecule has 5 rings (SSSR count). The van der Waals surface area contributed by atoms with Crippen LogP contribution in [-0.2, 0) is 27.2 Å². The maximum atomic E-state index is 14.3. The van der Waals surface area contributed by atoms with E-state index in [1.807, 2.05) is 24.0 Å². The number of methoxy groups -OCH3 is 1. The molecule has 1 aliphatic heterocycles. The molecule has 0 bridgehead atoms. The van der Waals surface area contributed by atoms with Crippen molar-refractivity contribution in [3.05, 3.63) is 57.9 Å². The number of aromatic nitrogens is 2. The Morgan fingerprint density at radius 1 is 1.12 bits per heavy atom. The Morgan fingerprint density at radius 2 is 1.88 bits per heavy atom. The van der Waals surface area contributed by atoms with Crippen molar-refractivity contribution < 1.29 is 24.2 Å². The van der Waals surface area contributed by atoms with E-state index in [0.29, 0.717) is 62.2 Å². The molecule has 3 aliphatic carbocycles. The molecule has 0 spiro atoms. The third kappa shape index (κ3) is 5.48. The van der Waals surface area contributed by atoms with E-state index >= 15 is 0 Å². The number of carbonyl (C=O) groups excluding carboxylic acids is 2. The molecule has 0 radical (unpaired) electrons. The highest BCUT2D eigenvalue weighted by Crippen LogP contribution is 2.43. The molecule has 1 N–H and O–H groups in total. The molecule has 1 aromatic rings. The number of rotatable bonds is 8. The van der Waals surface area contributed by atoms with Crippen molar-refractivity contribution in [1.82, 2.24) is 14.7 Å². The number of allylic oxidation sites excluding steroid dienone is 7. The summed E-state index contributed by atoms with van der Waals surface area (Å²) < 4.78 is 6.94. The largest absolute Gasteiger partial charge is 0.481 e. The normalized spacial score (nSPS) is 25.7. The molecule has 9 heteroatoms. The van der Waals surface area contributed by atoms with Gasteiger partial charge in [0.15, 0.2) is 0 Å². The second-order valence-electron chi connectivity index (χ2n) is 11.3. The van der Waals surface area contributed by atoms with E-state index in [9.17, 15) is 19.5 Å². The zero-order valence-corrected chi connectivity index (χ0v) is 24.1. The first-order chi connectivity index (χ1) is 19.3. The van der Waals surface area contributed by atoms with Crippen LogP contribution in [0.4, 0.5) is 0 Å². The van der Waals surface area contributed by atoms with Gasteiger partial charge in [0.2, 0.25) is 5.91 Å². The lowest BCUT2D eigenvalue weighted by Gasteiger charge is -2.27. The van der Waals surface area contributed by atoms with Crippen LogP contribution in [0, 0.1) is 17.8 Å². The Bertz CT molecular complexity index is 1320. The SMILES string of the molecule is C=C/C(Cl)=C(C(=O)n1nc(C2=CCC(C(=O)O)CC2)c2c1CC(C(=O)N1CCC(OC)C1)CC2)\C(=C/C)C1CC1. The van der Waals surface area contributed by atoms with Gasteiger partial charge in [0.05, 0.1) is 34.0 Å². The van der Waals surface area contributed by atoms with Gasteiger partial charge in [-0.25, -0.2) is 0 Å². The van der Waals surface area contributed by atoms with Crippen molar-refractivity contribution in [2.45, 2.75) is 70.8 Å². The van der Waals surface area contributed by atoms with Crippen molar-refractivity contribution in [2.75, 3.05) is 20.2 Å². The third-order valence-electron chi connectivity index (χ3n) is 8.92. The second kappa shape index (κ2) is 11.9. The van der Waals surface area contributed by atoms with Gasteiger partial charge in [-0.15, -0.1) is 0 Å². The van der Waals surface area contributed by atoms with Crippen LogP contribution in [-0.4, -0.2) is 63.9 Å². The van der Waals surface area contributed by atoms with Crippen LogP contribution in [0.25, 0.3) is 5.57 Å². The number of carboxylic acid groups (broad SMARTS) is 1. The van der Waals surface area contributed by atoms with E-state index in [2.05, 4.69) is 6.58 Å². The summed E-state index contributed by atoms with van der Waals surface area (Å²) in [6, 6.07) is 0. The number of halogens is 1. The number of ether oxygens (including phenoxy) is 1. The van der Waals surface area contributed by atoms with Gasteiger partial charge < -0.3 is 14.7 Å². The quantitative estimate of drug-likeness (QED) is 0.343. The first-order valence-electron chi connectivity index (χ1n) is 14.3. The number of fused-ring (bicyclic) bond motifs is 1. The minimum Gasteiger partial charge on any atom is -0.481 e.